The lowest BCUT2D eigenvalue weighted by molar-refractivity contribution is 0.281. The maximum Gasteiger partial charge on any atom is 0.173 e. The Hall–Kier alpha value is -2.93. The molecule has 0 radical (unpaired) electrons. The number of hydrogen-bond donors (Lipinski definition) is 1. The Balaban J connectivity index is 2.16. The van der Waals surface area contributed by atoms with E-state index < -0.39 is 18.2 Å². The maximum absolute atomic E-state index is 14.0. The van der Waals surface area contributed by atoms with Gasteiger partial charge in [0.15, 0.2) is 17.3 Å². The lowest BCUT2D eigenvalue weighted by atomic mass is 10.0. The van der Waals surface area contributed by atoms with Crippen molar-refractivity contribution in [3.05, 3.63) is 53.6 Å². The van der Waals surface area contributed by atoms with Crippen molar-refractivity contribution in [1.82, 2.24) is 5.16 Å². The van der Waals surface area contributed by atoms with E-state index in [1.54, 1.807) is 18.2 Å². The third-order valence-electron chi connectivity index (χ3n) is 3.79. The fourth-order valence-corrected chi connectivity index (χ4v) is 2.58. The van der Waals surface area contributed by atoms with E-state index in [9.17, 15) is 13.9 Å². The molecule has 5 nitrogen and oxygen atoms in total. The van der Waals surface area contributed by atoms with Crippen LogP contribution >= 0.6 is 0 Å². The second kappa shape index (κ2) is 6.90. The van der Waals surface area contributed by atoms with Crippen LogP contribution in [0, 0.1) is 11.6 Å². The molecule has 0 fully saturated rings. The zero-order valence-electron chi connectivity index (χ0n) is 13.5. The summed E-state index contributed by atoms with van der Waals surface area (Å²) in [5.74, 6) is -0.430. The predicted molar refractivity (Wildman–Crippen MR) is 86.3 cm³/mol. The van der Waals surface area contributed by atoms with Crippen molar-refractivity contribution in [2.24, 2.45) is 0 Å². The highest BCUT2D eigenvalue weighted by molar-refractivity contribution is 5.74. The first-order valence-corrected chi connectivity index (χ1v) is 7.36. The Bertz CT molecular complexity index is 888. The van der Waals surface area contributed by atoms with Crippen molar-refractivity contribution < 1.29 is 27.9 Å². The number of hydrogen-bond acceptors (Lipinski definition) is 5. The molecule has 3 aromatic rings. The van der Waals surface area contributed by atoms with Gasteiger partial charge in [-0.2, -0.15) is 0 Å². The number of aliphatic hydroxyl groups is 1. The summed E-state index contributed by atoms with van der Waals surface area (Å²) >= 11 is 0. The fourth-order valence-electron chi connectivity index (χ4n) is 2.58. The molecule has 0 spiro atoms. The van der Waals surface area contributed by atoms with E-state index >= 15 is 0 Å². The van der Waals surface area contributed by atoms with Crippen LogP contribution < -0.4 is 9.47 Å². The first-order chi connectivity index (χ1) is 12.1. The Morgan fingerprint density at radius 3 is 2.32 bits per heavy atom. The lowest BCUT2D eigenvalue weighted by Crippen LogP contribution is -1.95. The molecule has 7 heteroatoms. The van der Waals surface area contributed by atoms with Crippen molar-refractivity contribution in [2.45, 2.75) is 6.61 Å². The minimum atomic E-state index is -0.790. The quantitative estimate of drug-likeness (QED) is 0.761. The van der Waals surface area contributed by atoms with Crippen LogP contribution in [0.25, 0.3) is 22.6 Å². The molecule has 0 saturated carbocycles. The normalized spacial score (nSPS) is 10.8. The van der Waals surface area contributed by atoms with E-state index in [1.807, 2.05) is 0 Å². The van der Waals surface area contributed by atoms with Crippen molar-refractivity contribution in [3.8, 4) is 34.1 Å². The molecule has 0 aliphatic carbocycles. The zero-order valence-corrected chi connectivity index (χ0v) is 13.5. The van der Waals surface area contributed by atoms with Gasteiger partial charge >= 0.3 is 0 Å². The summed E-state index contributed by atoms with van der Waals surface area (Å²) in [5, 5.41) is 13.5. The average Bonchev–Trinajstić information content (AvgIpc) is 3.04. The van der Waals surface area contributed by atoms with Gasteiger partial charge in [-0.3, -0.25) is 0 Å². The molecule has 130 valence electrons. The molecule has 0 saturated heterocycles. The third-order valence-corrected chi connectivity index (χ3v) is 3.79. The predicted octanol–water partition coefficient (Wildman–Crippen LogP) is 3.80. The molecule has 3 rings (SSSR count). The largest absolute Gasteiger partial charge is 0.493 e. The molecule has 0 aliphatic rings. The van der Waals surface area contributed by atoms with Crippen LogP contribution in [0.15, 0.2) is 40.9 Å². The topological polar surface area (TPSA) is 64.7 Å². The van der Waals surface area contributed by atoms with Crippen LogP contribution in [0.4, 0.5) is 8.78 Å². The highest BCUT2D eigenvalue weighted by Crippen LogP contribution is 2.38. The summed E-state index contributed by atoms with van der Waals surface area (Å²) in [6.45, 7) is -0.504. The molecule has 1 aromatic heterocycles. The van der Waals surface area contributed by atoms with Gasteiger partial charge in [0, 0.05) is 5.56 Å². The van der Waals surface area contributed by atoms with Crippen LogP contribution in [-0.4, -0.2) is 24.5 Å². The summed E-state index contributed by atoms with van der Waals surface area (Å²) in [7, 11) is 2.99. The van der Waals surface area contributed by atoms with E-state index in [-0.39, 0.29) is 22.6 Å². The minimum Gasteiger partial charge on any atom is -0.493 e. The second-order valence-electron chi connectivity index (χ2n) is 5.16. The van der Waals surface area contributed by atoms with Crippen LogP contribution in [0.1, 0.15) is 5.56 Å². The first-order valence-electron chi connectivity index (χ1n) is 7.36. The van der Waals surface area contributed by atoms with Crippen LogP contribution in [0.5, 0.6) is 11.5 Å². The van der Waals surface area contributed by atoms with Gasteiger partial charge in [0.1, 0.15) is 17.3 Å². The molecule has 0 unspecified atom stereocenters. The molecular weight excluding hydrogens is 332 g/mol. The van der Waals surface area contributed by atoms with Gasteiger partial charge in [0.25, 0.3) is 0 Å². The standard InChI is InChI=1S/C18H15F2NO4/c1-23-14-7-6-10(8-15(14)24-2)18-11(9-22)17(21-25-18)16-12(19)4-3-5-13(16)20/h3-8,22H,9H2,1-2H3. The van der Waals surface area contributed by atoms with Crippen LogP contribution in [0.3, 0.4) is 0 Å². The smallest absolute Gasteiger partial charge is 0.173 e. The number of aromatic nitrogens is 1. The Morgan fingerprint density at radius 1 is 1.04 bits per heavy atom. The number of aliphatic hydroxyl groups excluding tert-OH is 1. The van der Waals surface area contributed by atoms with E-state index in [4.69, 9.17) is 14.0 Å². The van der Waals surface area contributed by atoms with Gasteiger partial charge < -0.3 is 19.1 Å². The Labute approximate surface area is 142 Å². The van der Waals surface area contributed by atoms with E-state index in [0.29, 0.717) is 17.1 Å². The number of ether oxygens (including phenoxy) is 2. The Kier molecular flexibility index (Phi) is 4.67. The number of rotatable bonds is 5. The fraction of sp³-hybridized carbons (Fsp3) is 0.167. The van der Waals surface area contributed by atoms with E-state index in [2.05, 4.69) is 5.16 Å². The van der Waals surface area contributed by atoms with Gasteiger partial charge in [0.2, 0.25) is 0 Å². The molecule has 0 amide bonds. The zero-order chi connectivity index (χ0) is 18.0. The molecular formula is C18H15F2NO4. The van der Waals surface area contributed by atoms with Crippen LogP contribution in [0.2, 0.25) is 0 Å². The number of benzene rings is 2. The summed E-state index contributed by atoms with van der Waals surface area (Å²) in [5.41, 5.74) is 0.276. The SMILES string of the molecule is COc1ccc(-c2onc(-c3c(F)cccc3F)c2CO)cc1OC. The first kappa shape index (κ1) is 16.9. The van der Waals surface area contributed by atoms with Crippen molar-refractivity contribution in [1.29, 1.82) is 0 Å². The van der Waals surface area contributed by atoms with Crippen molar-refractivity contribution in [2.75, 3.05) is 14.2 Å². The van der Waals surface area contributed by atoms with Crippen molar-refractivity contribution in [3.63, 3.8) is 0 Å². The average molecular weight is 347 g/mol. The van der Waals surface area contributed by atoms with Crippen molar-refractivity contribution >= 4 is 0 Å². The summed E-state index contributed by atoms with van der Waals surface area (Å²) in [4.78, 5) is 0. The molecule has 0 bridgehead atoms. The molecule has 0 aliphatic heterocycles. The van der Waals surface area contributed by atoms with Crippen LogP contribution in [-0.2, 0) is 6.61 Å². The van der Waals surface area contributed by atoms with E-state index in [1.165, 1.54) is 20.3 Å². The lowest BCUT2D eigenvalue weighted by Gasteiger charge is -2.09. The Morgan fingerprint density at radius 2 is 1.72 bits per heavy atom. The number of nitrogens with zero attached hydrogens (tertiary/aromatic N) is 1. The molecule has 0 atom stereocenters. The summed E-state index contributed by atoms with van der Waals surface area (Å²) in [6, 6.07) is 8.43. The van der Waals surface area contributed by atoms with Gasteiger partial charge in [-0.25, -0.2) is 8.78 Å². The highest BCUT2D eigenvalue weighted by Gasteiger charge is 2.24. The molecule has 1 heterocycles. The summed E-state index contributed by atoms with van der Waals surface area (Å²) in [6.07, 6.45) is 0. The van der Waals surface area contributed by atoms with Gasteiger partial charge in [-0.05, 0) is 30.3 Å². The minimum absolute atomic E-state index is 0.0807. The summed E-state index contributed by atoms with van der Waals surface area (Å²) < 4.78 is 43.8. The van der Waals surface area contributed by atoms with E-state index in [0.717, 1.165) is 12.1 Å². The highest BCUT2D eigenvalue weighted by atomic mass is 19.1. The third kappa shape index (κ3) is 2.94. The molecule has 1 N–H and O–H groups in total. The van der Waals surface area contributed by atoms with Gasteiger partial charge in [-0.15, -0.1) is 0 Å². The van der Waals surface area contributed by atoms with Gasteiger partial charge in [-0.1, -0.05) is 11.2 Å². The number of methoxy groups -OCH3 is 2. The second-order valence-corrected chi connectivity index (χ2v) is 5.16. The molecule has 25 heavy (non-hydrogen) atoms. The maximum atomic E-state index is 14.0. The monoisotopic (exact) mass is 347 g/mol. The molecule has 2 aromatic carbocycles. The number of halogens is 2. The van der Waals surface area contributed by atoms with Gasteiger partial charge in [0.05, 0.1) is 32.0 Å².